The normalized spacial score (nSPS) is 13.4. The molecule has 0 radical (unpaired) electrons. The standard InChI is InChI=1S/C34H35N5O16S3.C8H19N/c35-23-10-8-20-28(21-9-11-24(36)32(58(51,52)53)30(21)54-29(20)31(23)57(49,50)38-15-4-16-56(46,47)48)22-17-18(6-7-19(22)34(44)45)33(43)37-14-3-1-2-5-27(42)55-39-25(40)12-13-26(39)41;1-6-9(7(2)3)8(4)5/h6-11,17,36,38H,1-5,12-16,35H2,(H,37,43)(H,44,45)(H,46,47,48)(H,51,52,53);7-8H,6H2,1-5H3/p+1. The van der Waals surface area contributed by atoms with Gasteiger partial charge in [0.05, 0.1) is 17.0 Å². The molecule has 2 aliphatic heterocycles. The van der Waals surface area contributed by atoms with Gasteiger partial charge in [-0.3, -0.25) is 33.8 Å². The number of anilines is 1. The van der Waals surface area contributed by atoms with Gasteiger partial charge in [-0.2, -0.15) is 16.8 Å². The van der Waals surface area contributed by atoms with Gasteiger partial charge in [-0.1, -0.05) is 13.3 Å². The molecule has 0 bridgehead atoms. The van der Waals surface area contributed by atoms with E-state index in [0.29, 0.717) is 36.4 Å². The van der Waals surface area contributed by atoms with Crippen molar-refractivity contribution in [1.82, 2.24) is 20.0 Å². The van der Waals surface area contributed by atoms with Gasteiger partial charge in [0.25, 0.3) is 27.8 Å². The Labute approximate surface area is 387 Å². The Bertz CT molecular complexity index is 2890. The van der Waals surface area contributed by atoms with Gasteiger partial charge >= 0.3 is 22.1 Å². The summed E-state index contributed by atoms with van der Waals surface area (Å²) in [6, 6.07) is 9.50. The van der Waals surface area contributed by atoms with Crippen LogP contribution in [-0.2, 0) is 49.5 Å². The van der Waals surface area contributed by atoms with E-state index in [4.69, 9.17) is 25.0 Å². The predicted octanol–water partition coefficient (Wildman–Crippen LogP) is 1.97. The Kier molecular flexibility index (Phi) is 17.9. The number of carbonyl (C=O) groups is 5. The summed E-state index contributed by atoms with van der Waals surface area (Å²) >= 11 is 0. The van der Waals surface area contributed by atoms with E-state index in [1.54, 1.807) is 0 Å². The molecule has 0 atom stereocenters. The summed E-state index contributed by atoms with van der Waals surface area (Å²) in [5.74, 6) is -5.73. The molecule has 1 saturated heterocycles. The number of sulfonamides is 1. The molecule has 5 rings (SSSR count). The second-order valence-electron chi connectivity index (χ2n) is 15.9. The number of nitrogens with one attached hydrogen (secondary N) is 2. The number of nitrogens with two attached hydrogens (primary N) is 2. The van der Waals surface area contributed by atoms with Crippen LogP contribution in [0.15, 0.2) is 56.7 Å². The zero-order valence-corrected chi connectivity index (χ0v) is 39.8. The highest BCUT2D eigenvalue weighted by Crippen LogP contribution is 2.46. The Balaban J connectivity index is 0.000000984. The molecule has 0 unspecified atom stereocenters. The Morgan fingerprint density at radius 3 is 2.06 bits per heavy atom. The largest absolute Gasteiger partial charge is 0.478 e. The zero-order chi connectivity index (χ0) is 50.2. The Morgan fingerprint density at radius 1 is 0.866 bits per heavy atom. The zero-order valence-electron chi connectivity index (χ0n) is 37.4. The van der Waals surface area contributed by atoms with Crippen LogP contribution >= 0.6 is 0 Å². The monoisotopic (exact) mass is 995 g/mol. The number of hydrogen-bond acceptors (Lipinski definition) is 15. The number of benzene rings is 3. The van der Waals surface area contributed by atoms with Crippen molar-refractivity contribution >= 4 is 76.6 Å². The minimum Gasteiger partial charge on any atom is -0.478 e. The molecule has 1 aliphatic carbocycles. The molecule has 25 heteroatoms. The lowest BCUT2D eigenvalue weighted by Gasteiger charge is -2.28. The quantitative estimate of drug-likeness (QED) is 0.0219. The number of hydrogen-bond donors (Lipinski definition) is 7. The minimum absolute atomic E-state index is 0.0469. The van der Waals surface area contributed by atoms with Crippen molar-refractivity contribution in [3.63, 3.8) is 0 Å². The van der Waals surface area contributed by atoms with Gasteiger partial charge in [-0.25, -0.2) is 22.7 Å². The summed E-state index contributed by atoms with van der Waals surface area (Å²) < 4.78 is 102. The van der Waals surface area contributed by atoms with Crippen molar-refractivity contribution in [3.8, 4) is 22.5 Å². The fourth-order valence-corrected chi connectivity index (χ4v) is 10.0. The lowest BCUT2D eigenvalue weighted by Crippen LogP contribution is -2.47. The number of unbranched alkanes of at least 4 members (excludes halogenated alkanes) is 2. The van der Waals surface area contributed by atoms with Crippen molar-refractivity contribution in [2.75, 3.05) is 31.1 Å². The molecule has 1 fully saturated rings. The van der Waals surface area contributed by atoms with Crippen molar-refractivity contribution in [2.45, 2.75) is 101 Å². The van der Waals surface area contributed by atoms with Crippen molar-refractivity contribution in [1.29, 1.82) is 0 Å². The van der Waals surface area contributed by atoms with Crippen molar-refractivity contribution in [2.24, 2.45) is 0 Å². The highest BCUT2D eigenvalue weighted by Gasteiger charge is 2.35. The first-order valence-corrected chi connectivity index (χ1v) is 25.5. The summed E-state index contributed by atoms with van der Waals surface area (Å²) in [6.45, 7) is 11.9. The molecule has 0 aromatic heterocycles. The molecule has 2 aromatic rings. The number of nitrogens with zero attached hydrogens (tertiary/aromatic N) is 2. The molecule has 67 heavy (non-hydrogen) atoms. The van der Waals surface area contributed by atoms with E-state index in [1.807, 2.05) is 0 Å². The highest BCUT2D eigenvalue weighted by atomic mass is 32.2. The second-order valence-corrected chi connectivity index (χ2v) is 20.5. The molecule has 22 nitrogen and oxygen atoms in total. The predicted molar refractivity (Wildman–Crippen MR) is 241 cm³/mol. The number of hydroxylamine groups is 2. The lowest BCUT2D eigenvalue weighted by atomic mass is 9.89. The number of nitrogen functional groups attached to an aromatic ring is 1. The summed E-state index contributed by atoms with van der Waals surface area (Å²) in [6.07, 6.45) is 0.477. The van der Waals surface area contributed by atoms with Gasteiger partial charge in [-0.15, -0.1) is 5.06 Å². The number of carbonyl (C=O) groups excluding carboxylic acids is 4. The fraction of sp³-hybridized carbons (Fsp3) is 0.429. The number of amides is 3. The van der Waals surface area contributed by atoms with Gasteiger partial charge in [0, 0.05) is 72.6 Å². The van der Waals surface area contributed by atoms with Crippen LogP contribution in [0, 0.1) is 0 Å². The van der Waals surface area contributed by atoms with Crippen LogP contribution in [0.25, 0.3) is 33.4 Å². The summed E-state index contributed by atoms with van der Waals surface area (Å²) in [5.41, 5.74) is 3.86. The molecule has 3 aliphatic rings. The first-order chi connectivity index (χ1) is 31.2. The van der Waals surface area contributed by atoms with Crippen LogP contribution in [-0.4, -0.2) is 117 Å². The van der Waals surface area contributed by atoms with Gasteiger partial charge in [0.15, 0.2) is 11.3 Å². The molecule has 9 N–H and O–H groups in total. The van der Waals surface area contributed by atoms with Gasteiger partial charge in [-0.05, 0) is 95.5 Å². The Hall–Kier alpha value is -5.83. The number of fused-ring (bicyclic) bond motifs is 2. The molecule has 0 saturated carbocycles. The van der Waals surface area contributed by atoms with Gasteiger partial charge in [0.2, 0.25) is 20.3 Å². The van der Waals surface area contributed by atoms with Crippen LogP contribution in [0.2, 0.25) is 0 Å². The maximum atomic E-state index is 13.7. The van der Waals surface area contributed by atoms with Crippen LogP contribution in [0.1, 0.15) is 100 Å². The van der Waals surface area contributed by atoms with Gasteiger partial charge in [0.1, 0.15) is 4.90 Å². The molecular weight excluding hydrogens is 941 g/mol. The van der Waals surface area contributed by atoms with Gasteiger partial charge < -0.3 is 25.4 Å². The van der Waals surface area contributed by atoms with Crippen LogP contribution in [0.5, 0.6) is 0 Å². The number of imide groups is 1. The molecule has 0 spiro atoms. The summed E-state index contributed by atoms with van der Waals surface area (Å²) in [7, 11) is -14.4. The third-order valence-electron chi connectivity index (χ3n) is 10.4. The maximum Gasteiger partial charge on any atom is 0.336 e. The summed E-state index contributed by atoms with van der Waals surface area (Å²) in [5, 5.41) is 18.6. The lowest BCUT2D eigenvalue weighted by molar-refractivity contribution is -0.197. The third-order valence-corrected chi connectivity index (χ3v) is 13.7. The van der Waals surface area contributed by atoms with E-state index >= 15 is 0 Å². The van der Waals surface area contributed by atoms with E-state index in [2.05, 4.69) is 49.6 Å². The number of carboxylic acid groups (broad SMARTS) is 1. The van der Waals surface area contributed by atoms with E-state index < -0.39 is 110 Å². The molecule has 366 valence electrons. The van der Waals surface area contributed by atoms with Crippen molar-refractivity contribution in [3.05, 3.63) is 58.9 Å². The van der Waals surface area contributed by atoms with Crippen LogP contribution < -0.4 is 26.5 Å². The van der Waals surface area contributed by atoms with Crippen LogP contribution in [0.3, 0.4) is 0 Å². The topological polar surface area (TPSA) is 353 Å². The average Bonchev–Trinajstić information content (AvgIpc) is 3.53. The maximum absolute atomic E-state index is 13.7. The average molecular weight is 996 g/mol. The molecule has 3 amide bonds. The van der Waals surface area contributed by atoms with E-state index in [9.17, 15) is 58.9 Å². The number of rotatable bonds is 20. The smallest absolute Gasteiger partial charge is 0.336 e. The third kappa shape index (κ3) is 13.6. The Morgan fingerprint density at radius 2 is 1.51 bits per heavy atom. The fourth-order valence-electron chi connectivity index (χ4n) is 7.45. The van der Waals surface area contributed by atoms with E-state index in [1.165, 1.54) is 18.2 Å². The first kappa shape index (κ1) is 53.8. The molecule has 2 heterocycles. The first-order valence-electron chi connectivity index (χ1n) is 21.0. The highest BCUT2D eigenvalue weighted by molar-refractivity contribution is 7.90. The minimum atomic E-state index is -5.23. The molecule has 2 aromatic carbocycles. The SMILES string of the molecule is CCN(C(C)C)C(C)C.Nc1ccc2c(-c3cc(C(=O)NCCCCCC(=O)ON4C(=O)CCC4=O)ccc3C(=O)O)c3ccc(=[NH2+])c(S(=O)(=O)O)c-3oc2c1S(=O)(=O)NCCCS(=O)(=O)O. The van der Waals surface area contributed by atoms with Crippen LogP contribution in [0.4, 0.5) is 5.69 Å². The second kappa shape index (κ2) is 22.3. The van der Waals surface area contributed by atoms with E-state index in [0.717, 1.165) is 30.8 Å². The number of aromatic carboxylic acids is 1. The molecular formula is C42H55N6O16S3+. The summed E-state index contributed by atoms with van der Waals surface area (Å²) in [4.78, 5) is 66.8. The number of carboxylic acids is 1. The van der Waals surface area contributed by atoms with Crippen molar-refractivity contribution < 1.29 is 78.1 Å². The van der Waals surface area contributed by atoms with E-state index in [-0.39, 0.29) is 59.9 Å².